The van der Waals surface area contributed by atoms with Gasteiger partial charge in [-0.1, -0.05) is 34.7 Å². The molecule has 1 atom stereocenters. The van der Waals surface area contributed by atoms with Crippen molar-refractivity contribution in [1.82, 2.24) is 5.32 Å². The number of carbonyl (C=O) groups is 2. The smallest absolute Gasteiger partial charge is 0.328 e. The van der Waals surface area contributed by atoms with Crippen LogP contribution in [0.4, 0.5) is 0 Å². The molecule has 0 fully saturated rings. The fourth-order valence-electron chi connectivity index (χ4n) is 1.44. The number of methoxy groups -OCH3 is 1. The number of phenols is 1. The van der Waals surface area contributed by atoms with Crippen molar-refractivity contribution in [3.05, 3.63) is 29.8 Å². The first-order valence-corrected chi connectivity index (χ1v) is 6.80. The predicted molar refractivity (Wildman–Crippen MR) is 74.6 cm³/mol. The minimum absolute atomic E-state index is 0.157. The number of hydrogen-bond donors (Lipinski definition) is 2. The van der Waals surface area contributed by atoms with E-state index in [1.54, 1.807) is 12.1 Å². The molecule has 0 aliphatic heterocycles. The monoisotopic (exact) mass is 363 g/mol. The van der Waals surface area contributed by atoms with E-state index in [4.69, 9.17) is 5.11 Å². The van der Waals surface area contributed by atoms with Gasteiger partial charge in [0.2, 0.25) is 5.91 Å². The molecule has 18 heavy (non-hydrogen) atoms. The first-order chi connectivity index (χ1) is 8.56. The molecular formula is C12H14INO4. The molecule has 0 saturated heterocycles. The summed E-state index contributed by atoms with van der Waals surface area (Å²) in [5.74, 6) is -0.546. The van der Waals surface area contributed by atoms with E-state index in [1.807, 2.05) is 22.6 Å². The van der Waals surface area contributed by atoms with Crippen LogP contribution in [0.3, 0.4) is 0 Å². The average molecular weight is 363 g/mol. The van der Waals surface area contributed by atoms with Gasteiger partial charge in [-0.3, -0.25) is 4.79 Å². The van der Waals surface area contributed by atoms with Crippen LogP contribution in [0.15, 0.2) is 24.3 Å². The second-order valence-electron chi connectivity index (χ2n) is 3.65. The summed E-state index contributed by atoms with van der Waals surface area (Å²) in [6, 6.07) is 5.75. The highest BCUT2D eigenvalue weighted by Crippen LogP contribution is 2.11. The summed E-state index contributed by atoms with van der Waals surface area (Å²) in [6.07, 6.45) is 0.329. The number of amides is 1. The van der Waals surface area contributed by atoms with Gasteiger partial charge in [0.15, 0.2) is 0 Å². The lowest BCUT2D eigenvalue weighted by Crippen LogP contribution is -2.43. The van der Waals surface area contributed by atoms with Crippen molar-refractivity contribution in [2.75, 3.05) is 11.5 Å². The molecule has 5 nitrogen and oxygen atoms in total. The third-order valence-corrected chi connectivity index (χ3v) is 3.01. The standard InChI is InChI=1S/C12H14INO4/c1-18-12(17)10(14-11(16)7-13)6-8-2-4-9(15)5-3-8/h2-5,10,15H,6-7H2,1H3,(H,14,16). The van der Waals surface area contributed by atoms with E-state index in [0.29, 0.717) is 6.42 Å². The number of carbonyl (C=O) groups excluding carboxylic acids is 2. The molecule has 1 amide bonds. The Hall–Kier alpha value is -1.31. The molecule has 0 saturated carbocycles. The summed E-state index contributed by atoms with van der Waals surface area (Å²) in [7, 11) is 1.28. The van der Waals surface area contributed by atoms with Crippen LogP contribution in [0.1, 0.15) is 5.56 Å². The van der Waals surface area contributed by atoms with Crippen LogP contribution in [0, 0.1) is 0 Å². The summed E-state index contributed by atoms with van der Waals surface area (Å²) < 4.78 is 4.93. The maximum Gasteiger partial charge on any atom is 0.328 e. The molecule has 0 heterocycles. The summed E-state index contributed by atoms with van der Waals surface area (Å²) >= 11 is 1.92. The zero-order valence-corrected chi connectivity index (χ0v) is 12.0. The first kappa shape index (κ1) is 14.7. The van der Waals surface area contributed by atoms with Gasteiger partial charge in [-0.15, -0.1) is 0 Å². The van der Waals surface area contributed by atoms with Gasteiger partial charge >= 0.3 is 5.97 Å². The quantitative estimate of drug-likeness (QED) is 0.466. The van der Waals surface area contributed by atoms with Crippen molar-refractivity contribution in [3.63, 3.8) is 0 Å². The number of benzene rings is 1. The number of halogens is 1. The van der Waals surface area contributed by atoms with E-state index in [2.05, 4.69) is 10.1 Å². The third-order valence-electron chi connectivity index (χ3n) is 2.32. The van der Waals surface area contributed by atoms with Crippen molar-refractivity contribution in [2.24, 2.45) is 0 Å². The van der Waals surface area contributed by atoms with Crippen LogP contribution in [0.2, 0.25) is 0 Å². The number of hydrogen-bond acceptors (Lipinski definition) is 4. The topological polar surface area (TPSA) is 75.6 Å². The van der Waals surface area contributed by atoms with Crippen LogP contribution in [-0.2, 0) is 20.7 Å². The fourth-order valence-corrected chi connectivity index (χ4v) is 1.66. The lowest BCUT2D eigenvalue weighted by Gasteiger charge is -2.15. The summed E-state index contributed by atoms with van der Waals surface area (Å²) in [6.45, 7) is 0. The SMILES string of the molecule is COC(=O)C(Cc1ccc(O)cc1)NC(=O)CI. The molecule has 1 aromatic carbocycles. The maximum atomic E-state index is 11.5. The van der Waals surface area contributed by atoms with Gasteiger partial charge in [0.1, 0.15) is 11.8 Å². The van der Waals surface area contributed by atoms with Gasteiger partial charge in [-0.05, 0) is 17.7 Å². The van der Waals surface area contributed by atoms with Crippen molar-refractivity contribution < 1.29 is 19.4 Å². The van der Waals surface area contributed by atoms with Crippen molar-refractivity contribution in [1.29, 1.82) is 0 Å². The molecule has 6 heteroatoms. The Morgan fingerprint density at radius 2 is 2.00 bits per heavy atom. The lowest BCUT2D eigenvalue weighted by molar-refractivity contribution is -0.144. The first-order valence-electron chi connectivity index (χ1n) is 5.28. The Morgan fingerprint density at radius 1 is 1.39 bits per heavy atom. The number of rotatable bonds is 5. The highest BCUT2D eigenvalue weighted by Gasteiger charge is 2.21. The van der Waals surface area contributed by atoms with Gasteiger partial charge in [-0.25, -0.2) is 4.79 Å². The van der Waals surface area contributed by atoms with E-state index in [-0.39, 0.29) is 16.1 Å². The minimum atomic E-state index is -0.707. The van der Waals surface area contributed by atoms with Crippen LogP contribution < -0.4 is 5.32 Å². The Labute approximate surface area is 119 Å². The molecule has 0 aliphatic carbocycles. The summed E-state index contributed by atoms with van der Waals surface area (Å²) in [4.78, 5) is 22.9. The number of ether oxygens (including phenoxy) is 1. The van der Waals surface area contributed by atoms with Gasteiger partial charge < -0.3 is 15.2 Å². The Morgan fingerprint density at radius 3 is 2.50 bits per heavy atom. The zero-order valence-electron chi connectivity index (χ0n) is 9.85. The fraction of sp³-hybridized carbons (Fsp3) is 0.333. The van der Waals surface area contributed by atoms with Gasteiger partial charge in [0.25, 0.3) is 0 Å². The average Bonchev–Trinajstić information content (AvgIpc) is 2.39. The van der Waals surface area contributed by atoms with E-state index >= 15 is 0 Å². The van der Waals surface area contributed by atoms with E-state index in [1.165, 1.54) is 19.2 Å². The van der Waals surface area contributed by atoms with Crippen LogP contribution in [0.5, 0.6) is 5.75 Å². The molecule has 1 rings (SSSR count). The van der Waals surface area contributed by atoms with E-state index in [9.17, 15) is 9.59 Å². The molecule has 0 aromatic heterocycles. The lowest BCUT2D eigenvalue weighted by atomic mass is 10.1. The van der Waals surface area contributed by atoms with Crippen LogP contribution in [-0.4, -0.2) is 34.6 Å². The van der Waals surface area contributed by atoms with E-state index < -0.39 is 12.0 Å². The van der Waals surface area contributed by atoms with Crippen molar-refractivity contribution in [3.8, 4) is 5.75 Å². The molecule has 0 bridgehead atoms. The van der Waals surface area contributed by atoms with Crippen molar-refractivity contribution >= 4 is 34.5 Å². The number of aromatic hydroxyl groups is 1. The Bertz CT molecular complexity index is 419. The van der Waals surface area contributed by atoms with Gasteiger partial charge in [-0.2, -0.15) is 0 Å². The highest BCUT2D eigenvalue weighted by atomic mass is 127. The maximum absolute atomic E-state index is 11.5. The molecule has 2 N–H and O–H groups in total. The Kier molecular flexibility index (Phi) is 5.90. The second kappa shape index (κ2) is 7.20. The molecule has 0 radical (unpaired) electrons. The zero-order chi connectivity index (χ0) is 13.5. The molecule has 1 aromatic rings. The van der Waals surface area contributed by atoms with Gasteiger partial charge in [0.05, 0.1) is 11.5 Å². The number of esters is 1. The van der Waals surface area contributed by atoms with Crippen LogP contribution >= 0.6 is 22.6 Å². The second-order valence-corrected chi connectivity index (χ2v) is 4.41. The molecule has 0 aliphatic rings. The largest absolute Gasteiger partial charge is 0.508 e. The molecule has 98 valence electrons. The van der Waals surface area contributed by atoms with Gasteiger partial charge in [0, 0.05) is 6.42 Å². The summed E-state index contributed by atoms with van der Waals surface area (Å²) in [5, 5.41) is 11.8. The minimum Gasteiger partial charge on any atom is -0.508 e. The molecule has 0 spiro atoms. The number of nitrogens with one attached hydrogen (secondary N) is 1. The van der Waals surface area contributed by atoms with E-state index in [0.717, 1.165) is 5.56 Å². The molecule has 1 unspecified atom stereocenters. The highest BCUT2D eigenvalue weighted by molar-refractivity contribution is 14.1. The Balaban J connectivity index is 2.74. The third kappa shape index (κ3) is 4.52. The normalized spacial score (nSPS) is 11.7. The number of phenolic OH excluding ortho intramolecular Hbond substituents is 1. The van der Waals surface area contributed by atoms with Crippen molar-refractivity contribution in [2.45, 2.75) is 12.5 Å². The van der Waals surface area contributed by atoms with Crippen LogP contribution in [0.25, 0.3) is 0 Å². The number of alkyl halides is 1. The summed E-state index contributed by atoms with van der Waals surface area (Å²) in [5.41, 5.74) is 0.831. The molecular weight excluding hydrogens is 349 g/mol. The predicted octanol–water partition coefficient (Wildman–Crippen LogP) is 1.03.